The van der Waals surface area contributed by atoms with Crippen LogP contribution in [0.4, 0.5) is 14.4 Å². The SMILES string of the molecule is N#CC(NC(=O)OC(=O)[C@@H]1CCCN(C(=O)OCc2ccccc2)N1C(=O)N1CCOCC1)c1ccccc1. The maximum absolute atomic E-state index is 13.5. The van der Waals surface area contributed by atoms with Gasteiger partial charge in [0.05, 0.1) is 19.3 Å². The van der Waals surface area contributed by atoms with Gasteiger partial charge in [0.2, 0.25) is 0 Å². The molecule has 1 unspecified atom stereocenters. The van der Waals surface area contributed by atoms with E-state index in [9.17, 15) is 24.4 Å². The van der Waals surface area contributed by atoms with Crippen LogP contribution in [0.1, 0.15) is 30.0 Å². The maximum atomic E-state index is 13.5. The molecule has 2 aromatic carbocycles. The lowest BCUT2D eigenvalue weighted by atomic mass is 10.1. The summed E-state index contributed by atoms with van der Waals surface area (Å²) in [5.41, 5.74) is 1.27. The van der Waals surface area contributed by atoms with Crippen LogP contribution in [0.25, 0.3) is 0 Å². The summed E-state index contributed by atoms with van der Waals surface area (Å²) < 4.78 is 15.8. The van der Waals surface area contributed by atoms with E-state index in [1.54, 1.807) is 42.5 Å². The number of morpholine rings is 1. The number of hydrogen-bond donors (Lipinski definition) is 1. The first-order valence-electron chi connectivity index (χ1n) is 12.6. The minimum Gasteiger partial charge on any atom is -0.443 e. The molecule has 4 rings (SSSR count). The smallest absolute Gasteiger partial charge is 0.429 e. The predicted molar refractivity (Wildman–Crippen MR) is 135 cm³/mol. The van der Waals surface area contributed by atoms with Crippen LogP contribution in [0.3, 0.4) is 0 Å². The number of rotatable bonds is 5. The number of carbonyl (C=O) groups excluding carboxylic acids is 4. The molecule has 2 heterocycles. The second kappa shape index (κ2) is 13.3. The normalized spacial score (nSPS) is 17.9. The monoisotopic (exact) mass is 535 g/mol. The Morgan fingerprint density at radius 1 is 1.00 bits per heavy atom. The van der Waals surface area contributed by atoms with E-state index in [4.69, 9.17) is 14.2 Å². The molecule has 2 aliphatic heterocycles. The highest BCUT2D eigenvalue weighted by atomic mass is 16.6. The molecule has 2 saturated heterocycles. The standard InChI is InChI=1S/C27H29N5O7/c28-18-22(21-10-5-2-6-11-21)29-25(34)39-24(33)23-12-7-13-31(27(36)38-19-20-8-3-1-4-9-20)32(23)26(35)30-14-16-37-17-15-30/h1-6,8-11,22-23H,7,12-17,19H2,(H,29,34)/t22?,23-/m0/s1. The summed E-state index contributed by atoms with van der Waals surface area (Å²) in [6.07, 6.45) is -1.43. The van der Waals surface area contributed by atoms with Gasteiger partial charge < -0.3 is 24.4 Å². The van der Waals surface area contributed by atoms with E-state index in [1.807, 2.05) is 24.3 Å². The summed E-state index contributed by atoms with van der Waals surface area (Å²) >= 11 is 0. The summed E-state index contributed by atoms with van der Waals surface area (Å²) in [6.45, 7) is 1.26. The molecule has 0 radical (unpaired) electrons. The van der Waals surface area contributed by atoms with Crippen LogP contribution in [0.15, 0.2) is 60.7 Å². The molecule has 2 atom stereocenters. The van der Waals surface area contributed by atoms with Gasteiger partial charge >= 0.3 is 24.2 Å². The summed E-state index contributed by atoms with van der Waals surface area (Å²) in [7, 11) is 0. The van der Waals surface area contributed by atoms with Crippen molar-refractivity contribution >= 4 is 24.2 Å². The van der Waals surface area contributed by atoms with Crippen molar-refractivity contribution in [3.8, 4) is 6.07 Å². The van der Waals surface area contributed by atoms with Crippen molar-refractivity contribution in [1.29, 1.82) is 5.26 Å². The number of urea groups is 1. The third kappa shape index (κ3) is 7.03. The molecule has 0 aromatic heterocycles. The molecule has 0 bridgehead atoms. The van der Waals surface area contributed by atoms with Crippen molar-refractivity contribution in [2.45, 2.75) is 31.5 Å². The first kappa shape index (κ1) is 27.4. The van der Waals surface area contributed by atoms with Crippen molar-refractivity contribution in [3.05, 3.63) is 71.8 Å². The molecule has 1 N–H and O–H groups in total. The molecule has 4 amide bonds. The predicted octanol–water partition coefficient (Wildman–Crippen LogP) is 2.97. The highest BCUT2D eigenvalue weighted by Gasteiger charge is 2.44. The molecule has 0 spiro atoms. The average Bonchev–Trinajstić information content (AvgIpc) is 2.99. The number of ether oxygens (including phenoxy) is 3. The van der Waals surface area contributed by atoms with Crippen molar-refractivity contribution in [1.82, 2.24) is 20.2 Å². The molecule has 12 heteroatoms. The third-order valence-corrected chi connectivity index (χ3v) is 6.29. The Bertz CT molecular complexity index is 1200. The molecular formula is C27H29N5O7. The van der Waals surface area contributed by atoms with Gasteiger partial charge in [0.1, 0.15) is 12.6 Å². The second-order valence-corrected chi connectivity index (χ2v) is 8.87. The van der Waals surface area contributed by atoms with Gasteiger partial charge in [0, 0.05) is 19.6 Å². The van der Waals surface area contributed by atoms with Crippen LogP contribution in [0.5, 0.6) is 0 Å². The number of hydrazine groups is 1. The number of nitrogens with zero attached hydrogens (tertiary/aromatic N) is 4. The Kier molecular flexibility index (Phi) is 9.31. The number of benzene rings is 2. The largest absolute Gasteiger partial charge is 0.443 e. The molecule has 204 valence electrons. The molecule has 0 aliphatic carbocycles. The fourth-order valence-corrected chi connectivity index (χ4v) is 4.30. The van der Waals surface area contributed by atoms with Gasteiger partial charge in [-0.3, -0.25) is 0 Å². The number of amides is 4. The van der Waals surface area contributed by atoms with Gasteiger partial charge in [0.25, 0.3) is 0 Å². The summed E-state index contributed by atoms with van der Waals surface area (Å²) in [5, 5.41) is 13.9. The van der Waals surface area contributed by atoms with Crippen molar-refractivity contribution in [3.63, 3.8) is 0 Å². The first-order chi connectivity index (χ1) is 19.0. The van der Waals surface area contributed by atoms with Crippen LogP contribution >= 0.6 is 0 Å². The minimum absolute atomic E-state index is 0.0255. The van der Waals surface area contributed by atoms with Crippen LogP contribution < -0.4 is 5.32 Å². The van der Waals surface area contributed by atoms with Crippen LogP contribution in [0, 0.1) is 11.3 Å². The second-order valence-electron chi connectivity index (χ2n) is 8.87. The first-order valence-corrected chi connectivity index (χ1v) is 12.6. The highest BCUT2D eigenvalue weighted by Crippen LogP contribution is 2.24. The Balaban J connectivity index is 1.48. The van der Waals surface area contributed by atoms with Gasteiger partial charge in [-0.1, -0.05) is 60.7 Å². The lowest BCUT2D eigenvalue weighted by Crippen LogP contribution is -2.64. The Morgan fingerprint density at radius 2 is 1.67 bits per heavy atom. The lowest BCUT2D eigenvalue weighted by molar-refractivity contribution is -0.152. The number of nitrogens with one attached hydrogen (secondary N) is 1. The van der Waals surface area contributed by atoms with E-state index in [1.165, 1.54) is 4.90 Å². The highest BCUT2D eigenvalue weighted by molar-refractivity contribution is 5.91. The zero-order chi connectivity index (χ0) is 27.6. The zero-order valence-electron chi connectivity index (χ0n) is 21.2. The van der Waals surface area contributed by atoms with E-state index in [2.05, 4.69) is 5.32 Å². The Labute approximate surface area is 225 Å². The van der Waals surface area contributed by atoms with Crippen molar-refractivity contribution < 1.29 is 33.4 Å². The van der Waals surface area contributed by atoms with Gasteiger partial charge in [-0.25, -0.2) is 29.2 Å². The van der Waals surface area contributed by atoms with Gasteiger partial charge in [-0.15, -0.1) is 0 Å². The van der Waals surface area contributed by atoms with Crippen molar-refractivity contribution in [2.24, 2.45) is 0 Å². The van der Waals surface area contributed by atoms with E-state index in [0.29, 0.717) is 25.2 Å². The molecule has 0 saturated carbocycles. The molecule has 39 heavy (non-hydrogen) atoms. The quantitative estimate of drug-likeness (QED) is 0.455. The summed E-state index contributed by atoms with van der Waals surface area (Å²) in [5.74, 6) is -1.03. The topological polar surface area (TPSA) is 142 Å². The number of hydrogen-bond acceptors (Lipinski definition) is 8. The molecule has 12 nitrogen and oxygen atoms in total. The molecule has 2 fully saturated rings. The molecule has 2 aliphatic rings. The van der Waals surface area contributed by atoms with Crippen LogP contribution in [0.2, 0.25) is 0 Å². The summed E-state index contributed by atoms with van der Waals surface area (Å²) in [4.78, 5) is 53.8. The van der Waals surface area contributed by atoms with Gasteiger partial charge in [-0.2, -0.15) is 5.26 Å². The maximum Gasteiger partial charge on any atom is 0.429 e. The number of nitriles is 1. The van der Waals surface area contributed by atoms with E-state index >= 15 is 0 Å². The Morgan fingerprint density at radius 3 is 2.33 bits per heavy atom. The number of carbonyl (C=O) groups is 4. The van der Waals surface area contributed by atoms with Crippen LogP contribution in [-0.2, 0) is 25.6 Å². The zero-order valence-corrected chi connectivity index (χ0v) is 21.2. The van der Waals surface area contributed by atoms with E-state index in [0.717, 1.165) is 15.6 Å². The minimum atomic E-state index is -1.26. The molecular weight excluding hydrogens is 506 g/mol. The fourth-order valence-electron chi connectivity index (χ4n) is 4.30. The summed E-state index contributed by atoms with van der Waals surface area (Å²) in [6, 6.07) is 16.6. The van der Waals surface area contributed by atoms with Gasteiger partial charge in [0.15, 0.2) is 6.04 Å². The number of esters is 1. The van der Waals surface area contributed by atoms with Gasteiger partial charge in [-0.05, 0) is 24.0 Å². The third-order valence-electron chi connectivity index (χ3n) is 6.29. The van der Waals surface area contributed by atoms with Crippen molar-refractivity contribution in [2.75, 3.05) is 32.8 Å². The average molecular weight is 536 g/mol. The molecule has 2 aromatic rings. The van der Waals surface area contributed by atoms with E-state index in [-0.39, 0.29) is 32.7 Å². The Hall–Kier alpha value is -4.63. The lowest BCUT2D eigenvalue weighted by Gasteiger charge is -2.44. The fraction of sp³-hybridized carbons (Fsp3) is 0.370. The van der Waals surface area contributed by atoms with Crippen LogP contribution in [-0.4, -0.2) is 78.0 Å². The number of alkyl carbamates (subject to hydrolysis) is 1. The van der Waals surface area contributed by atoms with E-state index < -0.39 is 36.3 Å².